The fraction of sp³-hybridized carbons (Fsp3) is 0.250. The van der Waals surface area contributed by atoms with Gasteiger partial charge in [0.25, 0.3) is 0 Å². The number of para-hydroxylation sites is 1. The normalized spacial score (nSPS) is 11.4. The van der Waals surface area contributed by atoms with Crippen LogP contribution >= 0.6 is 0 Å². The van der Waals surface area contributed by atoms with Crippen molar-refractivity contribution in [3.63, 3.8) is 0 Å². The van der Waals surface area contributed by atoms with Gasteiger partial charge < -0.3 is 19.5 Å². The Labute approximate surface area is 148 Å². The van der Waals surface area contributed by atoms with Crippen LogP contribution in [0.15, 0.2) is 48.5 Å². The summed E-state index contributed by atoms with van der Waals surface area (Å²) in [5, 5.41) is 9.61. The van der Waals surface area contributed by atoms with Gasteiger partial charge in [-0.1, -0.05) is 30.3 Å². The molecule has 2 rings (SSSR count). The molecule has 0 atom stereocenters. The lowest BCUT2D eigenvalue weighted by Crippen LogP contribution is -2.19. The second-order valence-corrected chi connectivity index (χ2v) is 5.78. The fourth-order valence-corrected chi connectivity index (χ4v) is 2.26. The summed E-state index contributed by atoms with van der Waals surface area (Å²) in [4.78, 5) is 13.8. The van der Waals surface area contributed by atoms with E-state index in [1.165, 1.54) is 0 Å². The van der Waals surface area contributed by atoms with Crippen molar-refractivity contribution >= 4 is 17.6 Å². The Kier molecular flexibility index (Phi) is 6.60. The van der Waals surface area contributed by atoms with E-state index >= 15 is 0 Å². The first-order chi connectivity index (χ1) is 12.0. The van der Waals surface area contributed by atoms with Crippen molar-refractivity contribution in [1.29, 1.82) is 0 Å². The number of carbonyl (C=O) groups is 1. The van der Waals surface area contributed by atoms with Gasteiger partial charge in [0.05, 0.1) is 12.7 Å². The predicted molar refractivity (Wildman–Crippen MR) is 99.0 cm³/mol. The van der Waals surface area contributed by atoms with E-state index in [2.05, 4.69) is 0 Å². The number of nitrogens with zero attached hydrogens (tertiary/aromatic N) is 1. The minimum absolute atomic E-state index is 0.200. The molecule has 0 fully saturated rings. The number of carboxylic acid groups (broad SMARTS) is 1. The summed E-state index contributed by atoms with van der Waals surface area (Å²) in [6, 6.07) is 14.4. The van der Waals surface area contributed by atoms with Crippen LogP contribution in [0.2, 0.25) is 0 Å². The molecule has 5 heteroatoms. The molecule has 0 aliphatic carbocycles. The molecule has 2 aromatic rings. The molecule has 0 aliphatic rings. The highest BCUT2D eigenvalue weighted by Gasteiger charge is 2.12. The second-order valence-electron chi connectivity index (χ2n) is 5.78. The molecule has 0 aromatic heterocycles. The minimum atomic E-state index is -0.992. The lowest BCUT2D eigenvalue weighted by Gasteiger charge is -2.13. The largest absolute Gasteiger partial charge is 0.497 e. The molecule has 0 aliphatic heterocycles. The summed E-state index contributed by atoms with van der Waals surface area (Å²) in [6.45, 7) is 1.31. The third-order valence-corrected chi connectivity index (χ3v) is 3.65. The van der Waals surface area contributed by atoms with Gasteiger partial charge in [0.2, 0.25) is 0 Å². The molecule has 0 saturated carbocycles. The average Bonchev–Trinajstić information content (AvgIpc) is 2.60. The molecule has 1 N–H and O–H groups in total. The maximum Gasteiger partial charge on any atom is 0.336 e. The first kappa shape index (κ1) is 18.5. The molecule has 132 valence electrons. The van der Waals surface area contributed by atoms with Gasteiger partial charge in [0.15, 0.2) is 0 Å². The van der Waals surface area contributed by atoms with Gasteiger partial charge in [0.1, 0.15) is 18.1 Å². The van der Waals surface area contributed by atoms with Crippen LogP contribution in [0.1, 0.15) is 11.1 Å². The summed E-state index contributed by atoms with van der Waals surface area (Å²) in [7, 11) is 5.52. The summed E-state index contributed by atoms with van der Waals surface area (Å²) < 4.78 is 10.9. The van der Waals surface area contributed by atoms with Gasteiger partial charge in [0, 0.05) is 12.1 Å². The molecule has 25 heavy (non-hydrogen) atoms. The number of hydrogen-bond donors (Lipinski definition) is 1. The zero-order chi connectivity index (χ0) is 18.2. The lowest BCUT2D eigenvalue weighted by molar-refractivity contribution is -0.130. The molecule has 0 saturated heterocycles. The Bertz CT molecular complexity index is 736. The molecular weight excluding hydrogens is 318 g/mol. The highest BCUT2D eigenvalue weighted by molar-refractivity contribution is 6.20. The van der Waals surface area contributed by atoms with Crippen LogP contribution in [-0.2, 0) is 4.79 Å². The summed E-state index contributed by atoms with van der Waals surface area (Å²) in [5.41, 5.74) is 1.54. The SMILES string of the molecule is COc1ccc(/C(=C/c2ccccc2OCCN(C)C)C(=O)O)cc1. The van der Waals surface area contributed by atoms with Gasteiger partial charge >= 0.3 is 5.97 Å². The Morgan fingerprint density at radius 3 is 2.40 bits per heavy atom. The molecule has 5 nitrogen and oxygen atoms in total. The summed E-state index contributed by atoms with van der Waals surface area (Å²) in [6.07, 6.45) is 1.63. The molecule has 0 unspecified atom stereocenters. The first-order valence-electron chi connectivity index (χ1n) is 7.97. The van der Waals surface area contributed by atoms with Crippen molar-refractivity contribution in [1.82, 2.24) is 4.90 Å². The molecule has 2 aromatic carbocycles. The van der Waals surface area contributed by atoms with Crippen molar-refractivity contribution in [2.45, 2.75) is 0 Å². The van der Waals surface area contributed by atoms with Crippen molar-refractivity contribution in [3.8, 4) is 11.5 Å². The van der Waals surface area contributed by atoms with Gasteiger partial charge in [-0.15, -0.1) is 0 Å². The number of ether oxygens (including phenoxy) is 2. The highest BCUT2D eigenvalue weighted by Crippen LogP contribution is 2.26. The Balaban J connectivity index is 2.32. The van der Waals surface area contributed by atoms with E-state index in [-0.39, 0.29) is 5.57 Å². The molecule has 0 heterocycles. The topological polar surface area (TPSA) is 59.0 Å². The van der Waals surface area contributed by atoms with E-state index in [0.717, 1.165) is 12.1 Å². The predicted octanol–water partition coefficient (Wildman–Crippen LogP) is 3.26. The maximum absolute atomic E-state index is 11.7. The average molecular weight is 341 g/mol. The third-order valence-electron chi connectivity index (χ3n) is 3.65. The third kappa shape index (κ3) is 5.36. The lowest BCUT2D eigenvalue weighted by atomic mass is 10.0. The van der Waals surface area contributed by atoms with E-state index in [4.69, 9.17) is 9.47 Å². The van der Waals surface area contributed by atoms with Gasteiger partial charge in [-0.2, -0.15) is 0 Å². The second kappa shape index (κ2) is 8.89. The number of likely N-dealkylation sites (N-methyl/N-ethyl adjacent to an activating group) is 1. The minimum Gasteiger partial charge on any atom is -0.497 e. The van der Waals surface area contributed by atoms with Crippen LogP contribution < -0.4 is 9.47 Å². The fourth-order valence-electron chi connectivity index (χ4n) is 2.26. The number of methoxy groups -OCH3 is 1. The summed E-state index contributed by atoms with van der Waals surface area (Å²) >= 11 is 0. The van der Waals surface area contributed by atoms with Crippen molar-refractivity contribution in [2.75, 3.05) is 34.4 Å². The molecule has 0 spiro atoms. The first-order valence-corrected chi connectivity index (χ1v) is 7.97. The van der Waals surface area contributed by atoms with E-state index in [9.17, 15) is 9.90 Å². The number of rotatable bonds is 8. The zero-order valence-electron chi connectivity index (χ0n) is 14.7. The van der Waals surface area contributed by atoms with Crippen LogP contribution in [0.25, 0.3) is 11.6 Å². The standard InChI is InChI=1S/C20H23NO4/c1-21(2)12-13-25-19-7-5-4-6-16(19)14-18(20(22)23)15-8-10-17(24-3)11-9-15/h4-11,14H,12-13H2,1-3H3,(H,22,23)/b18-14-. The van der Waals surface area contributed by atoms with Crippen LogP contribution in [0.3, 0.4) is 0 Å². The van der Waals surface area contributed by atoms with Crippen LogP contribution in [0.4, 0.5) is 0 Å². The molecule has 0 bridgehead atoms. The smallest absolute Gasteiger partial charge is 0.336 e. The zero-order valence-corrected chi connectivity index (χ0v) is 14.7. The Morgan fingerprint density at radius 2 is 1.80 bits per heavy atom. The van der Waals surface area contributed by atoms with Gasteiger partial charge in [-0.25, -0.2) is 4.79 Å². The Morgan fingerprint density at radius 1 is 1.12 bits per heavy atom. The number of benzene rings is 2. The van der Waals surface area contributed by atoms with E-state index in [1.54, 1.807) is 37.5 Å². The van der Waals surface area contributed by atoms with Crippen molar-refractivity contribution < 1.29 is 19.4 Å². The Hall–Kier alpha value is -2.79. The van der Waals surface area contributed by atoms with Gasteiger partial charge in [-0.05, 0) is 43.9 Å². The quantitative estimate of drug-likeness (QED) is 0.590. The van der Waals surface area contributed by atoms with Crippen LogP contribution in [0.5, 0.6) is 11.5 Å². The van der Waals surface area contributed by atoms with Gasteiger partial charge in [-0.3, -0.25) is 0 Å². The molecular formula is C20H23NO4. The van der Waals surface area contributed by atoms with E-state index < -0.39 is 5.97 Å². The monoisotopic (exact) mass is 341 g/mol. The molecule has 0 amide bonds. The van der Waals surface area contributed by atoms with Crippen LogP contribution in [0, 0.1) is 0 Å². The van der Waals surface area contributed by atoms with Crippen LogP contribution in [-0.4, -0.2) is 50.3 Å². The number of hydrogen-bond acceptors (Lipinski definition) is 4. The highest BCUT2D eigenvalue weighted by atomic mass is 16.5. The van der Waals surface area contributed by atoms with E-state index in [0.29, 0.717) is 23.7 Å². The van der Waals surface area contributed by atoms with Crippen molar-refractivity contribution in [2.24, 2.45) is 0 Å². The van der Waals surface area contributed by atoms with Crippen molar-refractivity contribution in [3.05, 3.63) is 59.7 Å². The molecule has 0 radical (unpaired) electrons. The van der Waals surface area contributed by atoms with E-state index in [1.807, 2.05) is 43.3 Å². The maximum atomic E-state index is 11.7. The summed E-state index contributed by atoms with van der Waals surface area (Å²) in [5.74, 6) is 0.353. The number of aliphatic carboxylic acids is 1. The number of carboxylic acids is 1.